The fourth-order valence-electron chi connectivity index (χ4n) is 4.61. The molecule has 0 aromatic heterocycles. The van der Waals surface area contributed by atoms with Gasteiger partial charge in [0.05, 0.1) is 4.90 Å². The molecule has 0 bridgehead atoms. The number of nitrogens with one attached hydrogen (secondary N) is 1. The Bertz CT molecular complexity index is 1760. The van der Waals surface area contributed by atoms with Gasteiger partial charge in [-0.2, -0.15) is 16.8 Å². The highest BCUT2D eigenvalue weighted by molar-refractivity contribution is 7.90. The highest BCUT2D eigenvalue weighted by atomic mass is 32.2. The second-order valence-electron chi connectivity index (χ2n) is 9.30. The molecule has 0 spiro atoms. The smallest absolute Gasteiger partial charge is 0.295 e. The van der Waals surface area contributed by atoms with E-state index in [2.05, 4.69) is 5.32 Å². The molecule has 1 aliphatic carbocycles. The standard InChI is InChI=1S/C30H30N2O7S2/c1-3-31-24-12-8-22(9-13-24)30(28-17-16-26(33)19-29(28)41(37,38)39)23-10-14-25(15-11-23)32(4-2)20-21-6-5-7-27(18-21)40(34,35)36/h5-19,31H,3-4,20H2,1-2H3,(H,34,35,36)(H,37,38,39). The van der Waals surface area contributed by atoms with Gasteiger partial charge in [-0.3, -0.25) is 13.9 Å². The summed E-state index contributed by atoms with van der Waals surface area (Å²) in [6.07, 6.45) is 3.56. The first-order chi connectivity index (χ1) is 19.4. The van der Waals surface area contributed by atoms with Gasteiger partial charge in [0.25, 0.3) is 20.2 Å². The van der Waals surface area contributed by atoms with E-state index >= 15 is 0 Å². The van der Waals surface area contributed by atoms with Gasteiger partial charge < -0.3 is 10.2 Å². The van der Waals surface area contributed by atoms with Crippen molar-refractivity contribution in [3.05, 3.63) is 118 Å². The van der Waals surface area contributed by atoms with Crippen molar-refractivity contribution in [1.29, 1.82) is 0 Å². The number of ketones is 1. The van der Waals surface area contributed by atoms with Crippen LogP contribution < -0.4 is 10.2 Å². The summed E-state index contributed by atoms with van der Waals surface area (Å²) in [5.41, 5.74) is 4.42. The van der Waals surface area contributed by atoms with E-state index in [1.54, 1.807) is 12.1 Å². The van der Waals surface area contributed by atoms with E-state index in [4.69, 9.17) is 0 Å². The predicted octanol–water partition coefficient (Wildman–Crippen LogP) is 5.10. The van der Waals surface area contributed by atoms with Crippen LogP contribution in [0.25, 0.3) is 5.57 Å². The van der Waals surface area contributed by atoms with E-state index in [0.29, 0.717) is 35.4 Å². The van der Waals surface area contributed by atoms with Gasteiger partial charge in [-0.1, -0.05) is 36.4 Å². The molecule has 0 saturated heterocycles. The highest BCUT2D eigenvalue weighted by Crippen LogP contribution is 2.36. The second-order valence-corrected chi connectivity index (χ2v) is 12.1. The van der Waals surface area contributed by atoms with Crippen LogP contribution >= 0.6 is 0 Å². The maximum absolute atomic E-state index is 12.3. The van der Waals surface area contributed by atoms with Crippen LogP contribution in [0.2, 0.25) is 0 Å². The van der Waals surface area contributed by atoms with Gasteiger partial charge >= 0.3 is 0 Å². The summed E-state index contributed by atoms with van der Waals surface area (Å²) in [4.78, 5) is 13.4. The second kappa shape index (κ2) is 12.2. The molecule has 0 atom stereocenters. The molecule has 41 heavy (non-hydrogen) atoms. The van der Waals surface area contributed by atoms with Crippen LogP contribution in [-0.2, 0) is 31.6 Å². The summed E-state index contributed by atoms with van der Waals surface area (Å²) < 4.78 is 67.1. The first-order valence-corrected chi connectivity index (χ1v) is 15.7. The first kappa shape index (κ1) is 29.9. The minimum Gasteiger partial charge on any atom is -0.385 e. The van der Waals surface area contributed by atoms with Crippen LogP contribution in [0.5, 0.6) is 0 Å². The van der Waals surface area contributed by atoms with Crippen molar-refractivity contribution in [3.63, 3.8) is 0 Å². The molecule has 0 saturated carbocycles. The SMILES string of the molecule is CCNc1ccc(C(=C2C=CC(=O)C=C2S(=O)(=O)O)c2ccc(N(CC)Cc3cccc(S(=O)(=O)O)c3)cc2)cc1. The Balaban J connectivity index is 1.78. The topological polar surface area (TPSA) is 141 Å². The van der Waals surface area contributed by atoms with Crippen molar-refractivity contribution in [2.75, 3.05) is 23.3 Å². The average molecular weight is 595 g/mol. The van der Waals surface area contributed by atoms with Gasteiger partial charge in [0.2, 0.25) is 0 Å². The number of allylic oxidation sites excluding steroid dienone is 4. The number of hydrogen-bond donors (Lipinski definition) is 3. The Kier molecular flexibility index (Phi) is 8.93. The largest absolute Gasteiger partial charge is 0.385 e. The normalized spacial score (nSPS) is 14.9. The van der Waals surface area contributed by atoms with Crippen LogP contribution in [-0.4, -0.2) is 44.8 Å². The predicted molar refractivity (Wildman–Crippen MR) is 160 cm³/mol. The number of rotatable bonds is 10. The van der Waals surface area contributed by atoms with Gasteiger partial charge in [0, 0.05) is 42.7 Å². The summed E-state index contributed by atoms with van der Waals surface area (Å²) in [6.45, 7) is 5.62. The van der Waals surface area contributed by atoms with Crippen molar-refractivity contribution in [2.24, 2.45) is 0 Å². The van der Waals surface area contributed by atoms with Crippen LogP contribution in [0.15, 0.2) is 106 Å². The number of hydrogen-bond acceptors (Lipinski definition) is 7. The lowest BCUT2D eigenvalue weighted by Gasteiger charge is -2.24. The minimum atomic E-state index is -4.71. The lowest BCUT2D eigenvalue weighted by molar-refractivity contribution is -0.110. The summed E-state index contributed by atoms with van der Waals surface area (Å²) in [5.74, 6) is -0.546. The van der Waals surface area contributed by atoms with Crippen molar-refractivity contribution >= 4 is 43.0 Å². The van der Waals surface area contributed by atoms with Crippen LogP contribution in [0.1, 0.15) is 30.5 Å². The molecule has 9 nitrogen and oxygen atoms in total. The molecular weight excluding hydrogens is 564 g/mol. The molecule has 3 N–H and O–H groups in total. The van der Waals surface area contributed by atoms with Gasteiger partial charge in [-0.05, 0) is 84.7 Å². The van der Waals surface area contributed by atoms with Gasteiger partial charge in [0.1, 0.15) is 4.91 Å². The summed E-state index contributed by atoms with van der Waals surface area (Å²) in [6, 6.07) is 20.8. The van der Waals surface area contributed by atoms with Crippen LogP contribution in [0.4, 0.5) is 11.4 Å². The zero-order chi connectivity index (χ0) is 29.8. The quantitative estimate of drug-likeness (QED) is 0.273. The number of benzene rings is 3. The number of anilines is 2. The average Bonchev–Trinajstić information content (AvgIpc) is 2.93. The molecular formula is C30H30N2O7S2. The first-order valence-electron chi connectivity index (χ1n) is 12.8. The zero-order valence-corrected chi connectivity index (χ0v) is 24.1. The van der Waals surface area contributed by atoms with Gasteiger partial charge in [-0.25, -0.2) is 0 Å². The van der Waals surface area contributed by atoms with Crippen molar-refractivity contribution < 1.29 is 30.7 Å². The van der Waals surface area contributed by atoms with Crippen molar-refractivity contribution in [2.45, 2.75) is 25.3 Å². The highest BCUT2D eigenvalue weighted by Gasteiger charge is 2.26. The van der Waals surface area contributed by atoms with E-state index in [1.165, 1.54) is 24.3 Å². The number of carbonyl (C=O) groups excluding carboxylic acids is 1. The number of carbonyl (C=O) groups is 1. The zero-order valence-electron chi connectivity index (χ0n) is 22.5. The maximum Gasteiger partial charge on any atom is 0.295 e. The third kappa shape index (κ3) is 7.19. The monoisotopic (exact) mass is 594 g/mol. The lowest BCUT2D eigenvalue weighted by Crippen LogP contribution is -2.22. The number of nitrogens with zero attached hydrogens (tertiary/aromatic N) is 1. The molecule has 3 aromatic carbocycles. The van der Waals surface area contributed by atoms with Gasteiger partial charge in [0.15, 0.2) is 5.78 Å². The molecule has 0 radical (unpaired) electrons. The van der Waals surface area contributed by atoms with E-state index in [1.807, 2.05) is 67.3 Å². The lowest BCUT2D eigenvalue weighted by atomic mass is 9.90. The summed E-state index contributed by atoms with van der Waals surface area (Å²) in [7, 11) is -9.04. The summed E-state index contributed by atoms with van der Waals surface area (Å²) in [5, 5.41) is 3.21. The molecule has 0 unspecified atom stereocenters. The maximum atomic E-state index is 12.3. The molecule has 3 aromatic rings. The van der Waals surface area contributed by atoms with E-state index in [0.717, 1.165) is 24.0 Å². The van der Waals surface area contributed by atoms with Crippen LogP contribution in [0, 0.1) is 0 Å². The van der Waals surface area contributed by atoms with Gasteiger partial charge in [-0.15, -0.1) is 0 Å². The Morgan fingerprint density at radius 2 is 1.46 bits per heavy atom. The molecule has 4 rings (SSSR count). The fraction of sp³-hybridized carbons (Fsp3) is 0.167. The van der Waals surface area contributed by atoms with E-state index < -0.39 is 30.9 Å². The van der Waals surface area contributed by atoms with Crippen molar-refractivity contribution in [3.8, 4) is 0 Å². The van der Waals surface area contributed by atoms with Crippen molar-refractivity contribution in [1.82, 2.24) is 0 Å². The van der Waals surface area contributed by atoms with E-state index in [-0.39, 0.29) is 10.5 Å². The third-order valence-corrected chi connectivity index (χ3v) is 8.27. The summed E-state index contributed by atoms with van der Waals surface area (Å²) >= 11 is 0. The Hall–Kier alpha value is -4.03. The fourth-order valence-corrected chi connectivity index (χ4v) is 5.87. The molecule has 0 fully saturated rings. The molecule has 214 valence electrons. The Labute approximate surface area is 240 Å². The Morgan fingerprint density at radius 1 is 0.829 bits per heavy atom. The molecule has 11 heteroatoms. The van der Waals surface area contributed by atoms with Crippen LogP contribution in [0.3, 0.4) is 0 Å². The molecule has 0 amide bonds. The minimum absolute atomic E-state index is 0.181. The molecule has 0 heterocycles. The molecule has 0 aliphatic heterocycles. The third-order valence-electron chi connectivity index (χ3n) is 6.53. The van der Waals surface area contributed by atoms with E-state index in [9.17, 15) is 30.7 Å². The Morgan fingerprint density at radius 3 is 2.02 bits per heavy atom. The molecule has 1 aliphatic rings.